The van der Waals surface area contributed by atoms with Gasteiger partial charge in [0, 0.05) is 100 Å². The Labute approximate surface area is 698 Å². The minimum absolute atomic E-state index is 0.653. The number of benzene rings is 18. The maximum Gasteiger partial charge on any atom is 0.135 e. The molecule has 24 aromatic rings. The fourth-order valence-electron chi connectivity index (χ4n) is 17.9. The summed E-state index contributed by atoms with van der Waals surface area (Å²) in [4.78, 5) is 0. The summed E-state index contributed by atoms with van der Waals surface area (Å²) < 4.78 is 18.4. The fraction of sp³-hybridized carbons (Fsp3) is 0. The van der Waals surface area contributed by atoms with E-state index in [2.05, 4.69) is 353 Å². The molecule has 0 aliphatic heterocycles. The SMILES string of the molecule is N#Cc1ccc(-c2cc(-c3ccc4oc5ccccc5c4c3)cc(-n3c4ccccc4c4ccccc43)c2)cc1.N#Cc1cccc(-c2cc(-c3ccc4sc5ccccc5c4c3)cc(-n3c4ccccc4c4ccccc43)c2)c1.N#Cc1ccccc1-c1cc(-c2ccc3sc4ccccc4c3c2)cc(-n2c3ccccc3c3ccccc32)c1. The van der Waals surface area contributed by atoms with Crippen molar-refractivity contribution in [2.75, 3.05) is 0 Å². The van der Waals surface area contributed by atoms with Gasteiger partial charge in [-0.15, -0.1) is 22.7 Å². The first-order chi connectivity index (χ1) is 59.3. The average molecular weight is 1560 g/mol. The molecule has 0 bridgehead atoms. The first-order valence-electron chi connectivity index (χ1n) is 40.0. The van der Waals surface area contributed by atoms with Gasteiger partial charge in [-0.05, 0) is 243 Å². The highest BCUT2D eigenvalue weighted by Gasteiger charge is 2.21. The third-order valence-corrected chi connectivity index (χ3v) is 25.7. The molecule has 0 unspecified atom stereocenters. The number of rotatable bonds is 9. The van der Waals surface area contributed by atoms with Crippen LogP contribution >= 0.6 is 22.7 Å². The Bertz CT molecular complexity index is 8270. The number of nitrogens with zero attached hydrogens (tertiary/aromatic N) is 6. The molecule has 24 rings (SSSR count). The summed E-state index contributed by atoms with van der Waals surface area (Å²) in [6.45, 7) is 0. The first kappa shape index (κ1) is 70.7. The van der Waals surface area contributed by atoms with Crippen molar-refractivity contribution in [1.82, 2.24) is 13.7 Å². The second-order valence-electron chi connectivity index (χ2n) is 30.4. The molecular formula is C111H66N6OS2. The van der Waals surface area contributed by atoms with E-state index in [9.17, 15) is 15.8 Å². The van der Waals surface area contributed by atoms with Crippen molar-refractivity contribution in [3.8, 4) is 102 Å². The largest absolute Gasteiger partial charge is 0.456 e. The summed E-state index contributed by atoms with van der Waals surface area (Å²) in [5, 5.41) is 43.7. The Morgan fingerprint density at radius 1 is 0.200 bits per heavy atom. The topological polar surface area (TPSA) is 99.3 Å². The third-order valence-electron chi connectivity index (χ3n) is 23.4. The number of fused-ring (bicyclic) bond motifs is 18. The fourth-order valence-corrected chi connectivity index (χ4v) is 20.0. The summed E-state index contributed by atoms with van der Waals surface area (Å²) in [6.07, 6.45) is 0. The van der Waals surface area contributed by atoms with Gasteiger partial charge in [0.05, 0.1) is 68.0 Å². The van der Waals surface area contributed by atoms with Crippen LogP contribution in [0.2, 0.25) is 0 Å². The Balaban J connectivity index is 0.000000108. The molecule has 0 aliphatic rings. The first-order valence-corrected chi connectivity index (χ1v) is 41.6. The van der Waals surface area contributed by atoms with Gasteiger partial charge < -0.3 is 18.1 Å². The lowest BCUT2D eigenvalue weighted by molar-refractivity contribution is 0.669. The van der Waals surface area contributed by atoms with Gasteiger partial charge in [0.2, 0.25) is 0 Å². The average Bonchev–Trinajstić information content (AvgIpc) is 1.59. The third kappa shape index (κ3) is 12.3. The molecule has 0 aliphatic carbocycles. The zero-order valence-electron chi connectivity index (χ0n) is 64.5. The van der Waals surface area contributed by atoms with Gasteiger partial charge in [0.25, 0.3) is 0 Å². The molecule has 6 heterocycles. The highest BCUT2D eigenvalue weighted by atomic mass is 32.1. The maximum absolute atomic E-state index is 9.94. The number of aromatic nitrogens is 3. The van der Waals surface area contributed by atoms with E-state index in [0.29, 0.717) is 16.7 Å². The van der Waals surface area contributed by atoms with Crippen LogP contribution in [0.3, 0.4) is 0 Å². The molecule has 0 radical (unpaired) electrons. The lowest BCUT2D eigenvalue weighted by atomic mass is 9.94. The standard InChI is InChI=1S/C37H22N2O.2C37H22N2S/c38-23-24-13-15-25(16-14-24)27-19-28(26-17-18-37-33(22-26)32-9-3-6-12-36(32)40-37)21-29(20-27)39-34-10-4-1-7-30(34)31-8-2-5-11-35(31)39;38-23-24-8-7-9-25(18-24)27-19-28(26-16-17-37-33(22-26)32-12-3-6-15-36(32)40-37)21-29(20-27)39-34-13-4-1-10-30(34)31-11-2-5-14-35(31)39;38-23-25-9-1-2-10-29(25)27-19-26(24-17-18-37-33(22-24)32-13-5-8-16-36(32)40-37)20-28(21-27)39-34-14-6-3-11-30(34)31-12-4-7-15-35(31)39/h3*1-22H. The quantitative estimate of drug-likeness (QED) is 0.144. The van der Waals surface area contributed by atoms with Gasteiger partial charge in [-0.3, -0.25) is 0 Å². The zero-order valence-corrected chi connectivity index (χ0v) is 66.1. The molecule has 558 valence electrons. The van der Waals surface area contributed by atoms with E-state index in [1.807, 2.05) is 102 Å². The van der Waals surface area contributed by atoms with Gasteiger partial charge in [0.15, 0.2) is 0 Å². The second-order valence-corrected chi connectivity index (χ2v) is 32.5. The van der Waals surface area contributed by atoms with E-state index >= 15 is 0 Å². The molecule has 0 spiro atoms. The van der Waals surface area contributed by atoms with Gasteiger partial charge in [-0.1, -0.05) is 224 Å². The molecule has 7 nitrogen and oxygen atoms in total. The molecule has 0 saturated heterocycles. The van der Waals surface area contributed by atoms with E-state index < -0.39 is 0 Å². The predicted molar refractivity (Wildman–Crippen MR) is 502 cm³/mol. The molecule has 18 aromatic carbocycles. The Kier molecular flexibility index (Phi) is 17.3. The highest BCUT2D eigenvalue weighted by molar-refractivity contribution is 7.26. The van der Waals surface area contributed by atoms with Crippen LogP contribution in [0.4, 0.5) is 0 Å². The summed E-state index contributed by atoms with van der Waals surface area (Å²) in [5.41, 5.74) is 27.2. The number of hydrogen-bond donors (Lipinski definition) is 0. The molecular weight excluding hydrogens is 1500 g/mol. The normalized spacial score (nSPS) is 11.5. The molecule has 0 saturated carbocycles. The highest BCUT2D eigenvalue weighted by Crippen LogP contribution is 2.45. The number of nitriles is 3. The van der Waals surface area contributed by atoms with E-state index in [-0.39, 0.29) is 0 Å². The number of hydrogen-bond acceptors (Lipinski definition) is 6. The van der Waals surface area contributed by atoms with Crippen molar-refractivity contribution in [2.24, 2.45) is 0 Å². The van der Waals surface area contributed by atoms with Crippen LogP contribution in [0.5, 0.6) is 0 Å². The van der Waals surface area contributed by atoms with Gasteiger partial charge in [0.1, 0.15) is 11.2 Å². The van der Waals surface area contributed by atoms with Crippen LogP contribution in [0.15, 0.2) is 405 Å². The van der Waals surface area contributed by atoms with Crippen molar-refractivity contribution in [1.29, 1.82) is 15.8 Å². The summed E-state index contributed by atoms with van der Waals surface area (Å²) in [7, 11) is 0. The smallest absolute Gasteiger partial charge is 0.135 e. The molecule has 0 N–H and O–H groups in total. The predicted octanol–water partition coefficient (Wildman–Crippen LogP) is 30.6. The van der Waals surface area contributed by atoms with Crippen molar-refractivity contribution in [3.05, 3.63) is 417 Å². The van der Waals surface area contributed by atoms with Crippen LogP contribution < -0.4 is 0 Å². The Hall–Kier alpha value is -15.9. The molecule has 0 fully saturated rings. The maximum atomic E-state index is 9.94. The summed E-state index contributed by atoms with van der Waals surface area (Å²) >= 11 is 3.67. The van der Waals surface area contributed by atoms with Crippen molar-refractivity contribution in [3.63, 3.8) is 0 Å². The molecule has 120 heavy (non-hydrogen) atoms. The van der Waals surface area contributed by atoms with Crippen LogP contribution in [-0.2, 0) is 0 Å². The van der Waals surface area contributed by atoms with Crippen LogP contribution in [0.25, 0.3) is 212 Å². The van der Waals surface area contributed by atoms with E-state index in [1.54, 1.807) is 0 Å². The molecule has 9 heteroatoms. The molecule has 6 aromatic heterocycles. The van der Waals surface area contributed by atoms with Crippen LogP contribution in [0.1, 0.15) is 16.7 Å². The van der Waals surface area contributed by atoms with Gasteiger partial charge in [-0.25, -0.2) is 0 Å². The lowest BCUT2D eigenvalue weighted by Gasteiger charge is -2.15. The van der Waals surface area contributed by atoms with Crippen molar-refractivity contribution < 1.29 is 4.42 Å². The second kappa shape index (κ2) is 29.4. The van der Waals surface area contributed by atoms with E-state index in [0.717, 1.165) is 100 Å². The Morgan fingerprint density at radius 3 is 0.983 bits per heavy atom. The van der Waals surface area contributed by atoms with E-state index in [1.165, 1.54) is 111 Å². The summed E-state index contributed by atoms with van der Waals surface area (Å²) in [5.74, 6) is 0. The minimum Gasteiger partial charge on any atom is -0.456 e. The summed E-state index contributed by atoms with van der Waals surface area (Å²) in [6, 6.07) is 148. The number of para-hydroxylation sites is 7. The van der Waals surface area contributed by atoms with Crippen molar-refractivity contribution in [2.45, 2.75) is 0 Å². The number of thiophene rings is 2. The van der Waals surface area contributed by atoms with Crippen LogP contribution in [0, 0.1) is 34.0 Å². The Morgan fingerprint density at radius 2 is 0.533 bits per heavy atom. The number of furan rings is 1. The molecule has 0 atom stereocenters. The monoisotopic (exact) mass is 1560 g/mol. The van der Waals surface area contributed by atoms with Gasteiger partial charge >= 0.3 is 0 Å². The molecule has 0 amide bonds. The lowest BCUT2D eigenvalue weighted by Crippen LogP contribution is -1.96. The van der Waals surface area contributed by atoms with Crippen LogP contribution in [-0.4, -0.2) is 13.7 Å². The zero-order chi connectivity index (χ0) is 79.9. The minimum atomic E-state index is 0.653. The van der Waals surface area contributed by atoms with E-state index in [4.69, 9.17) is 4.42 Å². The van der Waals surface area contributed by atoms with Gasteiger partial charge in [-0.2, -0.15) is 15.8 Å². The van der Waals surface area contributed by atoms with Crippen molar-refractivity contribution >= 4 is 150 Å².